The maximum atomic E-state index is 12.9. The Morgan fingerprint density at radius 2 is 2.00 bits per heavy atom. The van der Waals surface area contributed by atoms with Crippen LogP contribution in [0.15, 0.2) is 18.2 Å². The van der Waals surface area contributed by atoms with E-state index in [4.69, 9.17) is 11.5 Å². The highest BCUT2D eigenvalue weighted by atomic mass is 19.1. The molecule has 72 valence electrons. The highest BCUT2D eigenvalue weighted by Crippen LogP contribution is 2.17. The van der Waals surface area contributed by atoms with Crippen molar-refractivity contribution in [2.45, 2.75) is 19.3 Å². The number of halogens is 1. The predicted molar refractivity (Wildman–Crippen MR) is 52.8 cm³/mol. The van der Waals surface area contributed by atoms with Gasteiger partial charge in [-0.1, -0.05) is 12.1 Å². The Bertz CT molecular complexity index is 274. The molecule has 0 aromatic heterocycles. The second-order valence-corrected chi connectivity index (χ2v) is 3.06. The molecule has 0 spiro atoms. The van der Waals surface area contributed by atoms with E-state index in [0.29, 0.717) is 6.54 Å². The van der Waals surface area contributed by atoms with Crippen molar-refractivity contribution < 1.29 is 4.39 Å². The number of anilines is 1. The van der Waals surface area contributed by atoms with Crippen molar-refractivity contribution in [3.63, 3.8) is 0 Å². The lowest BCUT2D eigenvalue weighted by molar-refractivity contribution is 0.629. The van der Waals surface area contributed by atoms with E-state index < -0.39 is 0 Å². The van der Waals surface area contributed by atoms with E-state index in [0.717, 1.165) is 24.8 Å². The highest BCUT2D eigenvalue weighted by Gasteiger charge is 2.02. The molecule has 1 rings (SSSR count). The second-order valence-electron chi connectivity index (χ2n) is 3.06. The van der Waals surface area contributed by atoms with Crippen molar-refractivity contribution in [1.82, 2.24) is 0 Å². The first kappa shape index (κ1) is 9.99. The number of benzene rings is 1. The third-order valence-corrected chi connectivity index (χ3v) is 2.04. The zero-order chi connectivity index (χ0) is 9.68. The van der Waals surface area contributed by atoms with Crippen molar-refractivity contribution in [2.75, 3.05) is 12.3 Å². The van der Waals surface area contributed by atoms with Gasteiger partial charge in [0.15, 0.2) is 0 Å². The topological polar surface area (TPSA) is 52.0 Å². The largest absolute Gasteiger partial charge is 0.396 e. The molecule has 0 radical (unpaired) electrons. The molecule has 0 atom stereocenters. The molecule has 0 fully saturated rings. The molecule has 1 aromatic rings. The number of unbranched alkanes of at least 4 members (excludes halogenated alkanes) is 1. The van der Waals surface area contributed by atoms with Gasteiger partial charge in [-0.2, -0.15) is 0 Å². The van der Waals surface area contributed by atoms with Crippen LogP contribution in [0.5, 0.6) is 0 Å². The highest BCUT2D eigenvalue weighted by molar-refractivity contribution is 5.47. The van der Waals surface area contributed by atoms with Gasteiger partial charge in [-0.3, -0.25) is 0 Å². The van der Waals surface area contributed by atoms with Gasteiger partial charge in [0.05, 0.1) is 5.69 Å². The normalized spacial score (nSPS) is 10.3. The summed E-state index contributed by atoms with van der Waals surface area (Å²) in [4.78, 5) is 0. The molecule has 2 nitrogen and oxygen atoms in total. The molecule has 13 heavy (non-hydrogen) atoms. The average molecular weight is 182 g/mol. The molecular formula is C10H15FN2. The summed E-state index contributed by atoms with van der Waals surface area (Å²) in [5.41, 5.74) is 12.1. The SMILES string of the molecule is NCCCCc1cccc(F)c1N. The number of hydrogen-bond acceptors (Lipinski definition) is 2. The van der Waals surface area contributed by atoms with Crippen LogP contribution >= 0.6 is 0 Å². The number of hydrogen-bond donors (Lipinski definition) is 2. The van der Waals surface area contributed by atoms with Crippen LogP contribution in [0, 0.1) is 5.82 Å². The zero-order valence-corrected chi connectivity index (χ0v) is 7.59. The average Bonchev–Trinajstić information content (AvgIpc) is 2.13. The molecule has 0 aliphatic rings. The molecule has 0 amide bonds. The van der Waals surface area contributed by atoms with Crippen LogP contribution in [0.2, 0.25) is 0 Å². The van der Waals surface area contributed by atoms with E-state index in [-0.39, 0.29) is 11.5 Å². The van der Waals surface area contributed by atoms with E-state index >= 15 is 0 Å². The van der Waals surface area contributed by atoms with Crippen LogP contribution in [-0.2, 0) is 6.42 Å². The van der Waals surface area contributed by atoms with Crippen molar-refractivity contribution >= 4 is 5.69 Å². The fourth-order valence-electron chi connectivity index (χ4n) is 1.26. The maximum absolute atomic E-state index is 12.9. The van der Waals surface area contributed by atoms with E-state index in [9.17, 15) is 4.39 Å². The number of para-hydroxylation sites is 1. The summed E-state index contributed by atoms with van der Waals surface area (Å²) in [7, 11) is 0. The summed E-state index contributed by atoms with van der Waals surface area (Å²) in [5, 5.41) is 0. The third kappa shape index (κ3) is 2.70. The first-order valence-electron chi connectivity index (χ1n) is 4.48. The molecule has 3 heteroatoms. The first-order valence-corrected chi connectivity index (χ1v) is 4.48. The second kappa shape index (κ2) is 4.82. The van der Waals surface area contributed by atoms with Crippen LogP contribution in [-0.4, -0.2) is 6.54 Å². The molecule has 0 aliphatic heterocycles. The van der Waals surface area contributed by atoms with Crippen LogP contribution in [0.3, 0.4) is 0 Å². The number of nitrogen functional groups attached to an aromatic ring is 1. The van der Waals surface area contributed by atoms with Crippen molar-refractivity contribution in [3.8, 4) is 0 Å². The molecule has 0 saturated heterocycles. The molecule has 4 N–H and O–H groups in total. The van der Waals surface area contributed by atoms with E-state index in [1.165, 1.54) is 6.07 Å². The summed E-state index contributed by atoms with van der Waals surface area (Å²) in [6, 6.07) is 4.92. The minimum atomic E-state index is -0.328. The monoisotopic (exact) mass is 182 g/mol. The van der Waals surface area contributed by atoms with Gasteiger partial charge in [-0.05, 0) is 37.4 Å². The van der Waals surface area contributed by atoms with E-state index in [1.54, 1.807) is 6.07 Å². The summed E-state index contributed by atoms with van der Waals surface area (Å²) >= 11 is 0. The van der Waals surface area contributed by atoms with Crippen molar-refractivity contribution in [1.29, 1.82) is 0 Å². The number of aryl methyl sites for hydroxylation is 1. The third-order valence-electron chi connectivity index (χ3n) is 2.04. The van der Waals surface area contributed by atoms with E-state index in [1.807, 2.05) is 6.07 Å². The lowest BCUT2D eigenvalue weighted by atomic mass is 10.1. The molecule has 0 aliphatic carbocycles. The smallest absolute Gasteiger partial charge is 0.146 e. The predicted octanol–water partition coefficient (Wildman–Crippen LogP) is 1.69. The van der Waals surface area contributed by atoms with Gasteiger partial charge in [0, 0.05) is 0 Å². The Morgan fingerprint density at radius 1 is 1.23 bits per heavy atom. The fraction of sp³-hybridized carbons (Fsp3) is 0.400. The van der Waals surface area contributed by atoms with Crippen LogP contribution < -0.4 is 11.5 Å². The lowest BCUT2D eigenvalue weighted by Gasteiger charge is -2.05. The van der Waals surface area contributed by atoms with Gasteiger partial charge in [-0.15, -0.1) is 0 Å². The Morgan fingerprint density at radius 3 is 2.69 bits per heavy atom. The van der Waals surface area contributed by atoms with Gasteiger partial charge in [0.25, 0.3) is 0 Å². The van der Waals surface area contributed by atoms with Crippen molar-refractivity contribution in [2.24, 2.45) is 5.73 Å². The zero-order valence-electron chi connectivity index (χ0n) is 7.59. The van der Waals surface area contributed by atoms with Crippen LogP contribution in [0.4, 0.5) is 10.1 Å². The molecule has 0 heterocycles. The van der Waals surface area contributed by atoms with Gasteiger partial charge >= 0.3 is 0 Å². The Balaban J connectivity index is 2.61. The lowest BCUT2D eigenvalue weighted by Crippen LogP contribution is -2.01. The Kier molecular flexibility index (Phi) is 3.71. The van der Waals surface area contributed by atoms with Gasteiger partial charge in [0.2, 0.25) is 0 Å². The summed E-state index contributed by atoms with van der Waals surface area (Å²) in [6.45, 7) is 0.676. The van der Waals surface area contributed by atoms with Gasteiger partial charge in [0.1, 0.15) is 5.82 Å². The number of rotatable bonds is 4. The van der Waals surface area contributed by atoms with Crippen LogP contribution in [0.1, 0.15) is 18.4 Å². The maximum Gasteiger partial charge on any atom is 0.146 e. The molecule has 0 saturated carbocycles. The standard InChI is InChI=1S/C10H15FN2/c11-9-6-3-5-8(10(9)13)4-1-2-7-12/h3,5-6H,1-2,4,7,12-13H2. The quantitative estimate of drug-likeness (QED) is 0.550. The van der Waals surface area contributed by atoms with Crippen LogP contribution in [0.25, 0.3) is 0 Å². The minimum absolute atomic E-state index is 0.277. The molecule has 1 aromatic carbocycles. The van der Waals surface area contributed by atoms with E-state index in [2.05, 4.69) is 0 Å². The first-order chi connectivity index (χ1) is 6.25. The minimum Gasteiger partial charge on any atom is -0.396 e. The summed E-state index contributed by atoms with van der Waals surface area (Å²) in [6.07, 6.45) is 2.72. The summed E-state index contributed by atoms with van der Waals surface area (Å²) in [5.74, 6) is -0.328. The van der Waals surface area contributed by atoms with Gasteiger partial charge < -0.3 is 11.5 Å². The Labute approximate surface area is 77.7 Å². The molecule has 0 bridgehead atoms. The fourth-order valence-corrected chi connectivity index (χ4v) is 1.26. The van der Waals surface area contributed by atoms with Crippen molar-refractivity contribution in [3.05, 3.63) is 29.6 Å². The molecule has 0 unspecified atom stereocenters. The van der Waals surface area contributed by atoms with Gasteiger partial charge in [-0.25, -0.2) is 4.39 Å². The Hall–Kier alpha value is -1.09. The molecular weight excluding hydrogens is 167 g/mol. The number of nitrogens with two attached hydrogens (primary N) is 2. The summed E-state index contributed by atoms with van der Waals surface area (Å²) < 4.78 is 12.9.